The first-order valence-electron chi connectivity index (χ1n) is 9.08. The van der Waals surface area contributed by atoms with Gasteiger partial charge >= 0.3 is 0 Å². The number of hydrogen-bond donors (Lipinski definition) is 2. The van der Waals surface area contributed by atoms with Gasteiger partial charge in [0.1, 0.15) is 11.6 Å². The highest BCUT2D eigenvalue weighted by Crippen LogP contribution is 2.37. The number of amides is 1. The molecule has 0 unspecified atom stereocenters. The van der Waals surface area contributed by atoms with E-state index in [1.165, 1.54) is 0 Å². The van der Waals surface area contributed by atoms with E-state index in [0.29, 0.717) is 29.3 Å². The van der Waals surface area contributed by atoms with Crippen LogP contribution in [0.15, 0.2) is 54.6 Å². The van der Waals surface area contributed by atoms with Crippen molar-refractivity contribution in [2.24, 2.45) is 0 Å². The molecule has 4 rings (SSSR count). The second-order valence-electron chi connectivity index (χ2n) is 6.79. The second kappa shape index (κ2) is 7.32. The van der Waals surface area contributed by atoms with E-state index in [9.17, 15) is 4.79 Å². The van der Waals surface area contributed by atoms with Crippen LogP contribution in [0.3, 0.4) is 0 Å². The summed E-state index contributed by atoms with van der Waals surface area (Å²) in [6.07, 6.45) is 0. The summed E-state index contributed by atoms with van der Waals surface area (Å²) in [5, 5.41) is 12.1. The number of aromatic nitrogens is 1. The zero-order chi connectivity index (χ0) is 19.7. The summed E-state index contributed by atoms with van der Waals surface area (Å²) < 4.78 is 5.97. The molecule has 0 radical (unpaired) electrons. The molecule has 2 heterocycles. The van der Waals surface area contributed by atoms with Crippen LogP contribution < -0.4 is 15.0 Å². The van der Waals surface area contributed by atoms with E-state index in [0.717, 1.165) is 22.6 Å². The van der Waals surface area contributed by atoms with Crippen molar-refractivity contribution >= 4 is 17.4 Å². The summed E-state index contributed by atoms with van der Waals surface area (Å²) in [5.74, 6) is 1.67. The van der Waals surface area contributed by atoms with Crippen molar-refractivity contribution in [2.45, 2.75) is 6.92 Å². The molecule has 6 nitrogen and oxygen atoms in total. The Labute approximate surface area is 163 Å². The van der Waals surface area contributed by atoms with Crippen LogP contribution in [0.5, 0.6) is 11.5 Å². The molecule has 3 aromatic rings. The molecule has 1 aliphatic rings. The van der Waals surface area contributed by atoms with Gasteiger partial charge < -0.3 is 20.1 Å². The summed E-state index contributed by atoms with van der Waals surface area (Å²) in [7, 11) is 1.87. The monoisotopic (exact) mass is 375 g/mol. The smallest absolute Gasteiger partial charge is 0.259 e. The quantitative estimate of drug-likeness (QED) is 0.725. The van der Waals surface area contributed by atoms with Gasteiger partial charge in [-0.15, -0.1) is 0 Å². The molecule has 0 saturated heterocycles. The molecule has 1 amide bonds. The maximum atomic E-state index is 12.8. The fourth-order valence-corrected chi connectivity index (χ4v) is 3.16. The first-order valence-corrected chi connectivity index (χ1v) is 9.08. The number of carbonyl (C=O) groups excluding carboxylic acids is 1. The Morgan fingerprint density at radius 1 is 1.11 bits per heavy atom. The van der Waals surface area contributed by atoms with Gasteiger partial charge in [0.15, 0.2) is 5.75 Å². The van der Waals surface area contributed by atoms with Gasteiger partial charge in [0, 0.05) is 19.2 Å². The van der Waals surface area contributed by atoms with Crippen LogP contribution in [0.25, 0.3) is 11.3 Å². The van der Waals surface area contributed by atoms with E-state index in [1.807, 2.05) is 61.3 Å². The summed E-state index contributed by atoms with van der Waals surface area (Å²) >= 11 is 0. The van der Waals surface area contributed by atoms with Gasteiger partial charge in [0.05, 0.1) is 23.6 Å². The molecule has 0 atom stereocenters. The van der Waals surface area contributed by atoms with Crippen LogP contribution >= 0.6 is 0 Å². The molecule has 2 N–H and O–H groups in total. The molecule has 0 fully saturated rings. The van der Waals surface area contributed by atoms with Gasteiger partial charge in [0.2, 0.25) is 0 Å². The third kappa shape index (κ3) is 3.42. The van der Waals surface area contributed by atoms with Crippen LogP contribution in [0, 0.1) is 6.92 Å². The van der Waals surface area contributed by atoms with Crippen molar-refractivity contribution in [1.82, 2.24) is 4.98 Å². The SMILES string of the molecule is Cc1ccc2c(c1)NC(=O)c1cc(-c3cccc(N(C)CCO)n3)ccc1O2. The number of nitrogens with one attached hydrogen (secondary N) is 1. The molecule has 1 aliphatic heterocycles. The van der Waals surface area contributed by atoms with Crippen molar-refractivity contribution in [3.8, 4) is 22.8 Å². The van der Waals surface area contributed by atoms with Crippen LogP contribution in [-0.4, -0.2) is 36.2 Å². The minimum atomic E-state index is -0.213. The third-order valence-corrected chi connectivity index (χ3v) is 4.68. The third-order valence-electron chi connectivity index (χ3n) is 4.68. The summed E-state index contributed by atoms with van der Waals surface area (Å²) in [5.41, 5.74) is 3.73. The van der Waals surface area contributed by atoms with E-state index < -0.39 is 0 Å². The van der Waals surface area contributed by atoms with E-state index in [-0.39, 0.29) is 12.5 Å². The van der Waals surface area contributed by atoms with Crippen LogP contribution in [0.4, 0.5) is 11.5 Å². The number of nitrogens with zero attached hydrogens (tertiary/aromatic N) is 2. The molecular weight excluding hydrogens is 354 g/mol. The van der Waals surface area contributed by atoms with E-state index >= 15 is 0 Å². The summed E-state index contributed by atoms with van der Waals surface area (Å²) in [4.78, 5) is 19.3. The summed E-state index contributed by atoms with van der Waals surface area (Å²) in [6.45, 7) is 2.52. The molecule has 2 aromatic carbocycles. The van der Waals surface area contributed by atoms with Crippen molar-refractivity contribution in [3.05, 3.63) is 65.7 Å². The second-order valence-corrected chi connectivity index (χ2v) is 6.79. The molecule has 0 aliphatic carbocycles. The van der Waals surface area contributed by atoms with Crippen LogP contribution in [-0.2, 0) is 0 Å². The number of aliphatic hydroxyl groups is 1. The fraction of sp³-hybridized carbons (Fsp3) is 0.182. The Bertz CT molecular complexity index is 1050. The number of fused-ring (bicyclic) bond motifs is 2. The van der Waals surface area contributed by atoms with Gasteiger partial charge in [-0.05, 0) is 55.0 Å². The number of likely N-dealkylation sites (N-methyl/N-ethyl adjacent to an activating group) is 1. The number of aryl methyl sites for hydroxylation is 1. The highest BCUT2D eigenvalue weighted by molar-refractivity contribution is 6.08. The highest BCUT2D eigenvalue weighted by Gasteiger charge is 2.21. The Hall–Kier alpha value is -3.38. The molecule has 0 saturated carbocycles. The minimum Gasteiger partial charge on any atom is -0.454 e. The number of carbonyl (C=O) groups is 1. The predicted molar refractivity (Wildman–Crippen MR) is 109 cm³/mol. The molecule has 6 heteroatoms. The number of pyridine rings is 1. The molecule has 142 valence electrons. The number of ether oxygens (including phenoxy) is 1. The normalized spacial score (nSPS) is 12.3. The van der Waals surface area contributed by atoms with Gasteiger partial charge in [0.25, 0.3) is 5.91 Å². The van der Waals surface area contributed by atoms with E-state index in [1.54, 1.807) is 12.1 Å². The van der Waals surface area contributed by atoms with Gasteiger partial charge in [-0.2, -0.15) is 0 Å². The standard InChI is InChI=1S/C22H21N3O3/c1-14-6-8-20-18(12-14)24-22(27)16-13-15(7-9-19(16)28-20)17-4-3-5-21(23-17)25(2)10-11-26/h3-9,12-13,26H,10-11H2,1-2H3,(H,24,27). The Morgan fingerprint density at radius 3 is 2.75 bits per heavy atom. The number of rotatable bonds is 4. The Kier molecular flexibility index (Phi) is 4.71. The molecule has 1 aromatic heterocycles. The lowest BCUT2D eigenvalue weighted by atomic mass is 10.1. The van der Waals surface area contributed by atoms with Gasteiger partial charge in [-0.25, -0.2) is 4.98 Å². The summed E-state index contributed by atoms with van der Waals surface area (Å²) in [6, 6.07) is 16.9. The number of aliphatic hydroxyl groups excluding tert-OH is 1. The van der Waals surface area contributed by atoms with Gasteiger partial charge in [-0.3, -0.25) is 4.79 Å². The predicted octanol–water partition coefficient (Wildman–Crippen LogP) is 3.84. The lowest BCUT2D eigenvalue weighted by Crippen LogP contribution is -2.22. The molecule has 0 spiro atoms. The zero-order valence-electron chi connectivity index (χ0n) is 15.8. The number of anilines is 2. The van der Waals surface area contributed by atoms with Crippen molar-refractivity contribution in [2.75, 3.05) is 30.4 Å². The maximum Gasteiger partial charge on any atom is 0.259 e. The molecule has 0 bridgehead atoms. The maximum absolute atomic E-state index is 12.8. The lowest BCUT2D eigenvalue weighted by molar-refractivity contribution is 0.102. The van der Waals surface area contributed by atoms with Crippen molar-refractivity contribution in [3.63, 3.8) is 0 Å². The van der Waals surface area contributed by atoms with E-state index in [4.69, 9.17) is 9.84 Å². The Balaban J connectivity index is 1.71. The van der Waals surface area contributed by atoms with Crippen LogP contribution in [0.1, 0.15) is 15.9 Å². The largest absolute Gasteiger partial charge is 0.454 e. The average molecular weight is 375 g/mol. The van der Waals surface area contributed by atoms with Crippen molar-refractivity contribution < 1.29 is 14.6 Å². The van der Waals surface area contributed by atoms with E-state index in [2.05, 4.69) is 10.3 Å². The van der Waals surface area contributed by atoms with Crippen molar-refractivity contribution in [1.29, 1.82) is 0 Å². The first-order chi connectivity index (χ1) is 13.5. The number of hydrogen-bond acceptors (Lipinski definition) is 5. The fourth-order valence-electron chi connectivity index (χ4n) is 3.16. The average Bonchev–Trinajstić information content (AvgIpc) is 2.83. The van der Waals surface area contributed by atoms with Crippen LogP contribution in [0.2, 0.25) is 0 Å². The zero-order valence-corrected chi connectivity index (χ0v) is 15.8. The first kappa shape index (κ1) is 18.0. The number of benzene rings is 2. The topological polar surface area (TPSA) is 74.7 Å². The van der Waals surface area contributed by atoms with Gasteiger partial charge in [-0.1, -0.05) is 12.1 Å². The highest BCUT2D eigenvalue weighted by atomic mass is 16.5. The molecule has 28 heavy (non-hydrogen) atoms. The molecular formula is C22H21N3O3. The minimum absolute atomic E-state index is 0.0544. The Morgan fingerprint density at radius 2 is 1.93 bits per heavy atom. The lowest BCUT2D eigenvalue weighted by Gasteiger charge is -2.17.